The number of hydrogen-bond donors (Lipinski definition) is 3. The van der Waals surface area contributed by atoms with E-state index >= 15 is 0 Å². The maximum absolute atomic E-state index is 13.5. The quantitative estimate of drug-likeness (QED) is 0.211. The van der Waals surface area contributed by atoms with Crippen LogP contribution in [0.15, 0.2) is 82.0 Å². The van der Waals surface area contributed by atoms with Gasteiger partial charge in [-0.3, -0.25) is 4.79 Å². The Hall–Kier alpha value is -5.19. The van der Waals surface area contributed by atoms with Gasteiger partial charge in [0.2, 0.25) is 5.91 Å². The molecule has 11 nitrogen and oxygen atoms in total. The number of amides is 2. The van der Waals surface area contributed by atoms with Crippen LogP contribution in [-0.2, 0) is 32.1 Å². The number of rotatable bonds is 10. The maximum Gasteiger partial charge on any atom is 0.408 e. The number of carbonyl (C=O) groups is 3. The molecule has 0 spiro atoms. The van der Waals surface area contributed by atoms with E-state index in [2.05, 4.69) is 20.9 Å². The van der Waals surface area contributed by atoms with Crippen LogP contribution in [0.25, 0.3) is 10.9 Å². The molecule has 2 atom stereocenters. The van der Waals surface area contributed by atoms with E-state index in [1.807, 2.05) is 60.7 Å². The molecular formula is C33H36N4O7. The SMILES string of the molecule is Cc1cc(NC(=O)[C@H](Cc2ccccc2)NC(=O)OCc2ccccc2)cc2nc(NC(C)C(=O)OC(C)(C)C)oc(=O)c12. The van der Waals surface area contributed by atoms with E-state index in [4.69, 9.17) is 13.9 Å². The van der Waals surface area contributed by atoms with Crippen molar-refractivity contribution in [2.24, 2.45) is 0 Å². The first kappa shape index (κ1) is 31.7. The van der Waals surface area contributed by atoms with Crippen LogP contribution in [0.2, 0.25) is 0 Å². The van der Waals surface area contributed by atoms with Crippen molar-refractivity contribution in [2.45, 2.75) is 65.3 Å². The van der Waals surface area contributed by atoms with Gasteiger partial charge in [-0.05, 0) is 63.4 Å². The summed E-state index contributed by atoms with van der Waals surface area (Å²) in [7, 11) is 0. The third kappa shape index (κ3) is 8.90. The molecule has 0 aliphatic heterocycles. The van der Waals surface area contributed by atoms with Crippen LogP contribution in [-0.4, -0.2) is 40.6 Å². The van der Waals surface area contributed by atoms with Gasteiger partial charge in [0.15, 0.2) is 0 Å². The number of hydrogen-bond acceptors (Lipinski definition) is 9. The van der Waals surface area contributed by atoms with E-state index in [0.717, 1.165) is 11.1 Å². The van der Waals surface area contributed by atoms with Gasteiger partial charge in [0.05, 0.1) is 10.9 Å². The zero-order valence-corrected chi connectivity index (χ0v) is 25.3. The van der Waals surface area contributed by atoms with Gasteiger partial charge < -0.3 is 29.8 Å². The molecule has 0 fully saturated rings. The van der Waals surface area contributed by atoms with E-state index in [9.17, 15) is 19.2 Å². The van der Waals surface area contributed by atoms with E-state index < -0.39 is 41.3 Å². The molecule has 4 rings (SSSR count). The summed E-state index contributed by atoms with van der Waals surface area (Å²) in [6.07, 6.45) is -0.535. The first-order valence-corrected chi connectivity index (χ1v) is 14.1. The lowest BCUT2D eigenvalue weighted by Crippen LogP contribution is -2.45. The number of carbonyl (C=O) groups excluding carboxylic acids is 3. The van der Waals surface area contributed by atoms with E-state index in [1.54, 1.807) is 40.7 Å². The topological polar surface area (TPSA) is 149 Å². The highest BCUT2D eigenvalue weighted by Crippen LogP contribution is 2.22. The van der Waals surface area contributed by atoms with Gasteiger partial charge in [-0.15, -0.1) is 0 Å². The number of aryl methyl sites for hydroxylation is 1. The lowest BCUT2D eigenvalue weighted by atomic mass is 10.0. The van der Waals surface area contributed by atoms with Crippen molar-refractivity contribution in [1.82, 2.24) is 10.3 Å². The normalized spacial score (nSPS) is 12.6. The Labute approximate surface area is 255 Å². The van der Waals surface area contributed by atoms with Crippen LogP contribution in [0.3, 0.4) is 0 Å². The second-order valence-corrected chi connectivity index (χ2v) is 11.3. The third-order valence-corrected chi connectivity index (χ3v) is 6.40. The van der Waals surface area contributed by atoms with Gasteiger partial charge in [-0.1, -0.05) is 60.7 Å². The van der Waals surface area contributed by atoms with Gasteiger partial charge in [-0.2, -0.15) is 4.98 Å². The Bertz CT molecular complexity index is 1680. The molecule has 1 aromatic heterocycles. The van der Waals surface area contributed by atoms with Gasteiger partial charge >= 0.3 is 17.7 Å². The molecule has 44 heavy (non-hydrogen) atoms. The Morgan fingerprint density at radius 3 is 2.23 bits per heavy atom. The summed E-state index contributed by atoms with van der Waals surface area (Å²) in [6.45, 7) is 8.54. The number of nitrogens with zero attached hydrogens (tertiary/aromatic N) is 1. The molecule has 11 heteroatoms. The molecule has 0 aliphatic rings. The largest absolute Gasteiger partial charge is 0.458 e. The average molecular weight is 601 g/mol. The summed E-state index contributed by atoms with van der Waals surface area (Å²) in [5, 5.41) is 8.48. The summed E-state index contributed by atoms with van der Waals surface area (Å²) in [5.74, 6) is -1.04. The number of aromatic nitrogens is 1. The molecule has 0 saturated heterocycles. The summed E-state index contributed by atoms with van der Waals surface area (Å²) in [4.78, 5) is 55.8. The molecule has 4 aromatic rings. The smallest absolute Gasteiger partial charge is 0.408 e. The molecule has 2 amide bonds. The van der Waals surface area contributed by atoms with Crippen molar-refractivity contribution in [3.8, 4) is 0 Å². The van der Waals surface area contributed by atoms with Crippen LogP contribution in [0.4, 0.5) is 16.5 Å². The van der Waals surface area contributed by atoms with E-state index in [0.29, 0.717) is 11.3 Å². The van der Waals surface area contributed by atoms with Crippen molar-refractivity contribution < 1.29 is 28.3 Å². The lowest BCUT2D eigenvalue weighted by molar-refractivity contribution is -0.155. The molecule has 3 aromatic carbocycles. The lowest BCUT2D eigenvalue weighted by Gasteiger charge is -2.22. The number of ether oxygens (including phenoxy) is 2. The van der Waals surface area contributed by atoms with Crippen molar-refractivity contribution in [2.75, 3.05) is 10.6 Å². The second kappa shape index (κ2) is 13.9. The van der Waals surface area contributed by atoms with E-state index in [-0.39, 0.29) is 29.9 Å². The first-order chi connectivity index (χ1) is 20.9. The monoisotopic (exact) mass is 600 g/mol. The minimum Gasteiger partial charge on any atom is -0.458 e. The summed E-state index contributed by atoms with van der Waals surface area (Å²) in [6, 6.07) is 19.6. The van der Waals surface area contributed by atoms with Crippen molar-refractivity contribution in [1.29, 1.82) is 0 Å². The fourth-order valence-electron chi connectivity index (χ4n) is 4.36. The molecule has 1 unspecified atom stereocenters. The zero-order chi connectivity index (χ0) is 31.9. The Balaban J connectivity index is 1.53. The number of esters is 1. The fraction of sp³-hybridized carbons (Fsp3) is 0.303. The van der Waals surface area contributed by atoms with Gasteiger partial charge in [0, 0.05) is 12.1 Å². The molecule has 0 saturated carbocycles. The Morgan fingerprint density at radius 1 is 0.955 bits per heavy atom. The van der Waals surface area contributed by atoms with E-state index in [1.165, 1.54) is 6.07 Å². The van der Waals surface area contributed by atoms with Crippen molar-refractivity contribution >= 4 is 40.6 Å². The highest BCUT2D eigenvalue weighted by atomic mass is 16.6. The number of anilines is 2. The summed E-state index contributed by atoms with van der Waals surface area (Å²) < 4.78 is 16.0. The minimum atomic E-state index is -0.975. The average Bonchev–Trinajstić information content (AvgIpc) is 2.95. The second-order valence-electron chi connectivity index (χ2n) is 11.3. The summed E-state index contributed by atoms with van der Waals surface area (Å²) in [5.41, 5.74) is 1.40. The van der Waals surface area contributed by atoms with Crippen LogP contribution in [0, 0.1) is 6.92 Å². The number of alkyl carbamates (subject to hydrolysis) is 1. The predicted octanol–water partition coefficient (Wildman–Crippen LogP) is 5.11. The highest BCUT2D eigenvalue weighted by molar-refractivity contribution is 5.98. The first-order valence-electron chi connectivity index (χ1n) is 14.1. The molecule has 0 aliphatic carbocycles. The Kier molecular flexibility index (Phi) is 9.99. The third-order valence-electron chi connectivity index (χ3n) is 6.40. The van der Waals surface area contributed by atoms with Gasteiger partial charge in [0.25, 0.3) is 6.01 Å². The molecule has 3 N–H and O–H groups in total. The van der Waals surface area contributed by atoms with Crippen molar-refractivity contribution in [3.05, 3.63) is 99.9 Å². The Morgan fingerprint density at radius 2 is 1.59 bits per heavy atom. The highest BCUT2D eigenvalue weighted by Gasteiger charge is 2.25. The van der Waals surface area contributed by atoms with Crippen LogP contribution in [0.1, 0.15) is 44.4 Å². The number of nitrogens with one attached hydrogen (secondary N) is 3. The van der Waals surface area contributed by atoms with Crippen LogP contribution in [0.5, 0.6) is 0 Å². The van der Waals surface area contributed by atoms with Crippen molar-refractivity contribution in [3.63, 3.8) is 0 Å². The fourth-order valence-corrected chi connectivity index (χ4v) is 4.36. The van der Waals surface area contributed by atoms with Crippen LogP contribution < -0.4 is 21.6 Å². The number of benzene rings is 3. The minimum absolute atomic E-state index is 0.0490. The predicted molar refractivity (Wildman–Crippen MR) is 166 cm³/mol. The molecule has 1 heterocycles. The standard InChI is InChI=1S/C33H36N4O7/c1-20-16-24(18-25-27(20)30(40)43-31(36-25)34-21(2)29(39)44-33(3,4)5)35-28(38)26(17-22-12-8-6-9-13-22)37-32(41)42-19-23-14-10-7-11-15-23/h6-16,18,21,26H,17,19H2,1-5H3,(H,34,36)(H,35,38)(H,37,41)/t21?,26-/m0/s1. The van der Waals surface area contributed by atoms with Gasteiger partial charge in [-0.25, -0.2) is 14.4 Å². The molecule has 0 radical (unpaired) electrons. The summed E-state index contributed by atoms with van der Waals surface area (Å²) >= 11 is 0. The molecule has 230 valence electrons. The van der Waals surface area contributed by atoms with Crippen LogP contribution >= 0.6 is 0 Å². The number of fused-ring (bicyclic) bond motifs is 1. The zero-order valence-electron chi connectivity index (χ0n) is 25.3. The van der Waals surface area contributed by atoms with Gasteiger partial charge in [0.1, 0.15) is 24.3 Å². The molecular weight excluding hydrogens is 564 g/mol. The maximum atomic E-state index is 13.5. The molecule has 0 bridgehead atoms.